The molecule has 0 aliphatic rings. The zero-order chi connectivity index (χ0) is 13.5. The van der Waals surface area contributed by atoms with Crippen LogP contribution in [0.5, 0.6) is 0 Å². The third-order valence-corrected chi connectivity index (χ3v) is 4.01. The molecule has 0 aliphatic heterocycles. The molecule has 0 bridgehead atoms. The molecule has 1 aromatic carbocycles. The van der Waals surface area contributed by atoms with E-state index in [0.29, 0.717) is 0 Å². The van der Waals surface area contributed by atoms with E-state index in [1.54, 1.807) is 0 Å². The number of hydrogen-bond acceptors (Lipinski definition) is 2. The number of halogens is 1. The Morgan fingerprint density at radius 3 is 2.89 bits per heavy atom. The fraction of sp³-hybridized carbons (Fsp3) is 0.438. The lowest BCUT2D eigenvalue weighted by Crippen LogP contribution is -2.15. The monoisotopic (exact) mass is 320 g/mol. The molecule has 1 aromatic heterocycles. The molecular formula is C16H21BrN2. The Morgan fingerprint density at radius 2 is 2.05 bits per heavy atom. The van der Waals surface area contributed by atoms with Gasteiger partial charge < -0.3 is 5.32 Å². The van der Waals surface area contributed by atoms with E-state index in [4.69, 9.17) is 0 Å². The number of hydrogen-bond donors (Lipinski definition) is 1. The third kappa shape index (κ3) is 4.02. The lowest BCUT2D eigenvalue weighted by Gasteiger charge is -2.08. The molecule has 102 valence electrons. The topological polar surface area (TPSA) is 24.9 Å². The van der Waals surface area contributed by atoms with Gasteiger partial charge in [-0.2, -0.15) is 0 Å². The molecule has 2 aromatic rings. The number of unbranched alkanes of at least 4 members (excludes halogenated alkanes) is 3. The average molecular weight is 321 g/mol. The van der Waals surface area contributed by atoms with Crippen LogP contribution in [0.2, 0.25) is 0 Å². The second kappa shape index (κ2) is 7.61. The van der Waals surface area contributed by atoms with Gasteiger partial charge >= 0.3 is 0 Å². The third-order valence-electron chi connectivity index (χ3n) is 3.32. The molecule has 0 atom stereocenters. The van der Waals surface area contributed by atoms with Crippen molar-refractivity contribution < 1.29 is 0 Å². The fourth-order valence-electron chi connectivity index (χ4n) is 2.24. The highest BCUT2D eigenvalue weighted by Gasteiger charge is 2.04. The number of pyridine rings is 1. The van der Waals surface area contributed by atoms with E-state index >= 15 is 0 Å². The molecule has 19 heavy (non-hydrogen) atoms. The summed E-state index contributed by atoms with van der Waals surface area (Å²) in [5.74, 6) is 0. The van der Waals surface area contributed by atoms with Gasteiger partial charge in [-0.05, 0) is 30.7 Å². The van der Waals surface area contributed by atoms with E-state index in [1.165, 1.54) is 36.6 Å². The molecule has 0 fully saturated rings. The molecule has 0 radical (unpaired) electrons. The maximum atomic E-state index is 4.50. The van der Waals surface area contributed by atoms with Gasteiger partial charge in [0.25, 0.3) is 0 Å². The summed E-state index contributed by atoms with van der Waals surface area (Å²) >= 11 is 3.58. The zero-order valence-electron chi connectivity index (χ0n) is 11.5. The number of aromatic nitrogens is 1. The van der Waals surface area contributed by atoms with Crippen molar-refractivity contribution in [3.05, 3.63) is 40.5 Å². The smallest absolute Gasteiger partial charge is 0.0758 e. The van der Waals surface area contributed by atoms with Gasteiger partial charge in [0.2, 0.25) is 0 Å². The summed E-state index contributed by atoms with van der Waals surface area (Å²) < 4.78 is 1.11. The van der Waals surface area contributed by atoms with Gasteiger partial charge in [0.1, 0.15) is 0 Å². The molecule has 2 nitrogen and oxygen atoms in total. The maximum Gasteiger partial charge on any atom is 0.0758 e. The van der Waals surface area contributed by atoms with E-state index < -0.39 is 0 Å². The van der Waals surface area contributed by atoms with E-state index in [-0.39, 0.29) is 0 Å². The largest absolute Gasteiger partial charge is 0.313 e. The van der Waals surface area contributed by atoms with Gasteiger partial charge in [-0.15, -0.1) is 0 Å². The molecular weight excluding hydrogens is 300 g/mol. The van der Waals surface area contributed by atoms with Crippen LogP contribution in [0.15, 0.2) is 34.9 Å². The van der Waals surface area contributed by atoms with Crippen LogP contribution in [0.4, 0.5) is 0 Å². The molecule has 0 saturated carbocycles. The molecule has 0 aliphatic carbocycles. The lowest BCUT2D eigenvalue weighted by atomic mass is 10.1. The minimum Gasteiger partial charge on any atom is -0.313 e. The molecule has 3 heteroatoms. The summed E-state index contributed by atoms with van der Waals surface area (Å²) in [6, 6.07) is 8.35. The van der Waals surface area contributed by atoms with Crippen molar-refractivity contribution in [3.8, 4) is 0 Å². The first-order valence-electron chi connectivity index (χ1n) is 7.05. The highest BCUT2D eigenvalue weighted by Crippen LogP contribution is 2.25. The first-order valence-corrected chi connectivity index (χ1v) is 7.85. The van der Waals surface area contributed by atoms with E-state index in [1.807, 2.05) is 12.3 Å². The van der Waals surface area contributed by atoms with Gasteiger partial charge in [0.05, 0.1) is 5.52 Å². The van der Waals surface area contributed by atoms with E-state index in [0.717, 1.165) is 23.1 Å². The standard InChI is InChI=1S/C16H21BrN2/c1-2-3-4-5-10-18-12-13-8-9-15(17)14-7-6-11-19-16(13)14/h6-9,11,18H,2-5,10,12H2,1H3. The van der Waals surface area contributed by atoms with Crippen LogP contribution in [0.1, 0.15) is 38.2 Å². The number of nitrogens with zero attached hydrogens (tertiary/aromatic N) is 1. The summed E-state index contributed by atoms with van der Waals surface area (Å²) in [5, 5.41) is 4.70. The Labute approximate surface area is 123 Å². The van der Waals surface area contributed by atoms with Crippen molar-refractivity contribution in [1.82, 2.24) is 10.3 Å². The summed E-state index contributed by atoms with van der Waals surface area (Å²) in [4.78, 5) is 4.50. The summed E-state index contributed by atoms with van der Waals surface area (Å²) in [6.07, 6.45) is 7.07. The van der Waals surface area contributed by atoms with Crippen molar-refractivity contribution >= 4 is 26.8 Å². The normalized spacial score (nSPS) is 11.1. The number of nitrogens with one attached hydrogen (secondary N) is 1. The predicted molar refractivity (Wildman–Crippen MR) is 85.3 cm³/mol. The Hall–Kier alpha value is -0.930. The maximum absolute atomic E-state index is 4.50. The van der Waals surface area contributed by atoms with E-state index in [2.05, 4.69) is 51.4 Å². The minimum atomic E-state index is 0.896. The Balaban J connectivity index is 1.96. The average Bonchev–Trinajstić information content (AvgIpc) is 2.45. The number of fused-ring (bicyclic) bond motifs is 1. The van der Waals surface area contributed by atoms with Crippen LogP contribution >= 0.6 is 15.9 Å². The Kier molecular flexibility index (Phi) is 5.80. The highest BCUT2D eigenvalue weighted by molar-refractivity contribution is 9.10. The lowest BCUT2D eigenvalue weighted by molar-refractivity contribution is 0.599. The van der Waals surface area contributed by atoms with Crippen molar-refractivity contribution in [2.24, 2.45) is 0 Å². The molecule has 1 N–H and O–H groups in total. The van der Waals surface area contributed by atoms with Crippen LogP contribution in [-0.4, -0.2) is 11.5 Å². The highest BCUT2D eigenvalue weighted by atomic mass is 79.9. The van der Waals surface area contributed by atoms with Crippen molar-refractivity contribution in [2.75, 3.05) is 6.54 Å². The Bertz CT molecular complexity index is 525. The molecule has 1 heterocycles. The summed E-state index contributed by atoms with van der Waals surface area (Å²) in [6.45, 7) is 4.23. The van der Waals surface area contributed by atoms with Gasteiger partial charge in [0, 0.05) is 22.6 Å². The van der Waals surface area contributed by atoms with Crippen LogP contribution < -0.4 is 5.32 Å². The summed E-state index contributed by atoms with van der Waals surface area (Å²) in [5.41, 5.74) is 2.37. The van der Waals surface area contributed by atoms with Crippen LogP contribution in [-0.2, 0) is 6.54 Å². The van der Waals surface area contributed by atoms with Gasteiger partial charge in [-0.25, -0.2) is 0 Å². The van der Waals surface area contributed by atoms with Crippen molar-refractivity contribution in [2.45, 2.75) is 39.2 Å². The van der Waals surface area contributed by atoms with E-state index in [9.17, 15) is 0 Å². The van der Waals surface area contributed by atoms with Crippen LogP contribution in [0, 0.1) is 0 Å². The van der Waals surface area contributed by atoms with Crippen molar-refractivity contribution in [1.29, 1.82) is 0 Å². The zero-order valence-corrected chi connectivity index (χ0v) is 13.0. The van der Waals surface area contributed by atoms with Crippen molar-refractivity contribution in [3.63, 3.8) is 0 Å². The second-order valence-electron chi connectivity index (χ2n) is 4.84. The molecule has 0 unspecified atom stereocenters. The SMILES string of the molecule is CCCCCCNCc1ccc(Br)c2cccnc12. The molecule has 0 amide bonds. The van der Waals surface area contributed by atoms with Crippen LogP contribution in [0.25, 0.3) is 10.9 Å². The number of rotatable bonds is 7. The van der Waals surface area contributed by atoms with Gasteiger partial charge in [0.15, 0.2) is 0 Å². The molecule has 0 spiro atoms. The van der Waals surface area contributed by atoms with Gasteiger partial charge in [-0.3, -0.25) is 4.98 Å². The quantitative estimate of drug-likeness (QED) is 0.750. The Morgan fingerprint density at radius 1 is 1.16 bits per heavy atom. The molecule has 2 rings (SSSR count). The van der Waals surface area contributed by atoms with Crippen LogP contribution in [0.3, 0.4) is 0 Å². The fourth-order valence-corrected chi connectivity index (χ4v) is 2.69. The number of benzene rings is 1. The predicted octanol–water partition coefficient (Wildman–Crippen LogP) is 4.67. The summed E-state index contributed by atoms with van der Waals surface area (Å²) in [7, 11) is 0. The van der Waals surface area contributed by atoms with Gasteiger partial charge in [-0.1, -0.05) is 54.2 Å². The molecule has 0 saturated heterocycles. The minimum absolute atomic E-state index is 0.896. The first-order chi connectivity index (χ1) is 9.33. The first kappa shape index (κ1) is 14.5. The second-order valence-corrected chi connectivity index (χ2v) is 5.70.